The second-order valence-corrected chi connectivity index (χ2v) is 4.37. The maximum atomic E-state index is 10.9. The molecule has 0 bridgehead atoms. The number of benzene rings is 1. The summed E-state index contributed by atoms with van der Waals surface area (Å²) in [5.41, 5.74) is 2.49. The summed E-state index contributed by atoms with van der Waals surface area (Å²) in [4.78, 5) is 10.9. The summed E-state index contributed by atoms with van der Waals surface area (Å²) >= 11 is 0. The van der Waals surface area contributed by atoms with Gasteiger partial charge < -0.3 is 10.4 Å². The first-order valence-corrected chi connectivity index (χ1v) is 6.15. The van der Waals surface area contributed by atoms with Crippen molar-refractivity contribution in [1.29, 1.82) is 0 Å². The van der Waals surface area contributed by atoms with Crippen LogP contribution in [0.4, 0.5) is 0 Å². The molecule has 2 N–H and O–H groups in total. The van der Waals surface area contributed by atoms with Crippen molar-refractivity contribution < 1.29 is 9.90 Å². The molecule has 0 spiro atoms. The van der Waals surface area contributed by atoms with Crippen molar-refractivity contribution >= 4 is 5.97 Å². The molecule has 0 aliphatic carbocycles. The lowest BCUT2D eigenvalue weighted by atomic mass is 10.1. The van der Waals surface area contributed by atoms with Crippen LogP contribution in [0.25, 0.3) is 0 Å². The predicted octanol–water partition coefficient (Wildman–Crippen LogP) is 2.38. The van der Waals surface area contributed by atoms with Gasteiger partial charge in [-0.05, 0) is 31.9 Å². The number of carbonyl (C=O) groups is 1. The number of nitrogens with one attached hydrogen (secondary N) is 1. The highest BCUT2D eigenvalue weighted by Gasteiger charge is 2.14. The molecule has 0 aliphatic heterocycles. The summed E-state index contributed by atoms with van der Waals surface area (Å²) in [5, 5.41) is 12.1. The van der Waals surface area contributed by atoms with Gasteiger partial charge in [0.25, 0.3) is 0 Å². The monoisotopic (exact) mass is 235 g/mol. The number of aliphatic carboxylic acids is 1. The Labute approximate surface area is 103 Å². The van der Waals surface area contributed by atoms with E-state index >= 15 is 0 Å². The van der Waals surface area contributed by atoms with E-state index in [1.165, 1.54) is 11.1 Å². The maximum absolute atomic E-state index is 10.9. The van der Waals surface area contributed by atoms with Crippen LogP contribution in [-0.2, 0) is 11.2 Å². The molecule has 1 aromatic rings. The first-order chi connectivity index (χ1) is 8.13. The third-order valence-corrected chi connectivity index (χ3v) is 2.76. The number of hydrogen-bond donors (Lipinski definition) is 2. The fraction of sp³-hybridized carbons (Fsp3) is 0.500. The predicted molar refractivity (Wildman–Crippen MR) is 69.2 cm³/mol. The Kier molecular flexibility index (Phi) is 5.70. The minimum atomic E-state index is -0.754. The highest BCUT2D eigenvalue weighted by molar-refractivity contribution is 5.73. The summed E-state index contributed by atoms with van der Waals surface area (Å²) in [6.45, 7) is 4.77. The molecule has 1 atom stereocenters. The van der Waals surface area contributed by atoms with Crippen LogP contribution >= 0.6 is 0 Å². The third-order valence-electron chi connectivity index (χ3n) is 2.76. The third kappa shape index (κ3) is 5.00. The zero-order valence-electron chi connectivity index (χ0n) is 10.6. The second-order valence-electron chi connectivity index (χ2n) is 4.37. The Hall–Kier alpha value is -1.35. The quantitative estimate of drug-likeness (QED) is 0.763. The molecule has 0 amide bonds. The lowest BCUT2D eigenvalue weighted by Crippen LogP contribution is -2.37. The van der Waals surface area contributed by atoms with Gasteiger partial charge in [-0.25, -0.2) is 0 Å². The van der Waals surface area contributed by atoms with E-state index in [4.69, 9.17) is 5.11 Å². The average Bonchev–Trinajstić information content (AvgIpc) is 2.28. The normalized spacial score (nSPS) is 12.4. The van der Waals surface area contributed by atoms with Gasteiger partial charge in [-0.3, -0.25) is 4.79 Å². The van der Waals surface area contributed by atoms with Gasteiger partial charge in [0.05, 0.1) is 0 Å². The minimum absolute atomic E-state index is 0.412. The number of carboxylic acids is 1. The molecule has 1 rings (SSSR count). The van der Waals surface area contributed by atoms with Crippen LogP contribution < -0.4 is 5.32 Å². The Morgan fingerprint density at radius 2 is 2.24 bits per heavy atom. The Balaban J connectivity index is 2.38. The second kappa shape index (κ2) is 7.07. The Bertz CT molecular complexity index is 363. The molecule has 0 aliphatic rings. The van der Waals surface area contributed by atoms with Gasteiger partial charge in [-0.1, -0.05) is 43.2 Å². The van der Waals surface area contributed by atoms with E-state index in [9.17, 15) is 4.79 Å². The number of aryl methyl sites for hydroxylation is 1. The van der Waals surface area contributed by atoms with E-state index in [1.807, 2.05) is 13.0 Å². The van der Waals surface area contributed by atoms with Crippen molar-refractivity contribution in [2.75, 3.05) is 6.54 Å². The van der Waals surface area contributed by atoms with Crippen molar-refractivity contribution in [2.24, 2.45) is 0 Å². The fourth-order valence-electron chi connectivity index (χ4n) is 1.86. The zero-order valence-corrected chi connectivity index (χ0v) is 10.6. The van der Waals surface area contributed by atoms with Crippen LogP contribution in [0.5, 0.6) is 0 Å². The summed E-state index contributed by atoms with van der Waals surface area (Å²) in [6, 6.07) is 7.89. The van der Waals surface area contributed by atoms with Crippen molar-refractivity contribution in [3.63, 3.8) is 0 Å². The molecule has 0 radical (unpaired) electrons. The summed E-state index contributed by atoms with van der Waals surface area (Å²) in [6.07, 6.45) is 2.44. The van der Waals surface area contributed by atoms with E-state index in [1.54, 1.807) is 0 Å². The van der Waals surface area contributed by atoms with E-state index < -0.39 is 12.0 Å². The van der Waals surface area contributed by atoms with E-state index in [0.29, 0.717) is 13.0 Å². The summed E-state index contributed by atoms with van der Waals surface area (Å²) < 4.78 is 0. The highest BCUT2D eigenvalue weighted by Crippen LogP contribution is 2.04. The van der Waals surface area contributed by atoms with Gasteiger partial charge >= 0.3 is 5.97 Å². The van der Waals surface area contributed by atoms with Gasteiger partial charge in [0, 0.05) is 0 Å². The molecule has 0 saturated heterocycles. The molecule has 3 nitrogen and oxygen atoms in total. The zero-order chi connectivity index (χ0) is 12.7. The van der Waals surface area contributed by atoms with E-state index in [2.05, 4.69) is 30.4 Å². The van der Waals surface area contributed by atoms with Crippen LogP contribution in [0, 0.1) is 6.92 Å². The van der Waals surface area contributed by atoms with Crippen LogP contribution in [-0.4, -0.2) is 23.7 Å². The molecular weight excluding hydrogens is 214 g/mol. The summed E-state index contributed by atoms with van der Waals surface area (Å²) in [7, 11) is 0. The van der Waals surface area contributed by atoms with Gasteiger partial charge in [-0.15, -0.1) is 0 Å². The van der Waals surface area contributed by atoms with Crippen LogP contribution in [0.3, 0.4) is 0 Å². The number of rotatable bonds is 7. The lowest BCUT2D eigenvalue weighted by Gasteiger charge is -2.13. The molecule has 94 valence electrons. The van der Waals surface area contributed by atoms with Gasteiger partial charge in [0.15, 0.2) is 0 Å². The molecular formula is C14H21NO2. The molecule has 1 aromatic carbocycles. The maximum Gasteiger partial charge on any atom is 0.320 e. The topological polar surface area (TPSA) is 49.3 Å². The Morgan fingerprint density at radius 3 is 2.82 bits per heavy atom. The van der Waals surface area contributed by atoms with Crippen molar-refractivity contribution in [2.45, 2.75) is 39.2 Å². The summed E-state index contributed by atoms with van der Waals surface area (Å²) in [5.74, 6) is -0.754. The first kappa shape index (κ1) is 13.7. The smallest absolute Gasteiger partial charge is 0.320 e. The average molecular weight is 235 g/mol. The van der Waals surface area contributed by atoms with Crippen LogP contribution in [0.1, 0.15) is 30.9 Å². The van der Waals surface area contributed by atoms with Crippen LogP contribution in [0.2, 0.25) is 0 Å². The number of carboxylic acid groups (broad SMARTS) is 1. The Morgan fingerprint density at radius 1 is 1.47 bits per heavy atom. The molecule has 0 saturated carbocycles. The minimum Gasteiger partial charge on any atom is -0.480 e. The molecule has 3 heteroatoms. The first-order valence-electron chi connectivity index (χ1n) is 6.15. The van der Waals surface area contributed by atoms with Gasteiger partial charge in [0.1, 0.15) is 6.04 Å². The van der Waals surface area contributed by atoms with E-state index in [0.717, 1.165) is 12.8 Å². The lowest BCUT2D eigenvalue weighted by molar-refractivity contribution is -0.139. The SMILES string of the molecule is CCCC(NCCc1cccc(C)c1)C(=O)O. The standard InChI is InChI=1S/C14H21NO2/c1-3-5-13(14(16)17)15-9-8-12-7-4-6-11(2)10-12/h4,6-7,10,13,15H,3,5,8-9H2,1-2H3,(H,16,17). The van der Waals surface area contributed by atoms with Gasteiger partial charge in [-0.2, -0.15) is 0 Å². The van der Waals surface area contributed by atoms with Crippen molar-refractivity contribution in [3.05, 3.63) is 35.4 Å². The van der Waals surface area contributed by atoms with Crippen LogP contribution in [0.15, 0.2) is 24.3 Å². The molecule has 1 unspecified atom stereocenters. The van der Waals surface area contributed by atoms with Gasteiger partial charge in [0.2, 0.25) is 0 Å². The van der Waals surface area contributed by atoms with E-state index in [-0.39, 0.29) is 0 Å². The van der Waals surface area contributed by atoms with Crippen molar-refractivity contribution in [3.8, 4) is 0 Å². The molecule has 0 fully saturated rings. The highest BCUT2D eigenvalue weighted by atomic mass is 16.4. The largest absolute Gasteiger partial charge is 0.480 e. The fourth-order valence-corrected chi connectivity index (χ4v) is 1.86. The molecule has 0 aromatic heterocycles. The van der Waals surface area contributed by atoms with Crippen molar-refractivity contribution in [1.82, 2.24) is 5.32 Å². The molecule has 0 heterocycles. The number of hydrogen-bond acceptors (Lipinski definition) is 2. The molecule has 17 heavy (non-hydrogen) atoms.